The van der Waals surface area contributed by atoms with E-state index in [1.165, 1.54) is 7.05 Å². The van der Waals surface area contributed by atoms with Crippen molar-refractivity contribution in [2.24, 2.45) is 5.73 Å². The summed E-state index contributed by atoms with van der Waals surface area (Å²) in [5.41, 5.74) is 4.56. The van der Waals surface area contributed by atoms with Crippen molar-refractivity contribution in [1.29, 1.82) is 0 Å². The highest BCUT2D eigenvalue weighted by atomic mass is 32.2. The van der Waals surface area contributed by atoms with E-state index >= 15 is 0 Å². The zero-order valence-electron chi connectivity index (χ0n) is 9.87. The number of thiophene rings is 1. The van der Waals surface area contributed by atoms with Crippen LogP contribution in [0.3, 0.4) is 0 Å². The normalized spacial score (nSPS) is 11.2. The number of nitrogens with one attached hydrogen (secondary N) is 2. The highest BCUT2D eigenvalue weighted by Crippen LogP contribution is 2.36. The van der Waals surface area contributed by atoms with E-state index in [4.69, 9.17) is 5.73 Å². The maximum atomic E-state index is 11.8. The van der Waals surface area contributed by atoms with Crippen LogP contribution >= 0.6 is 11.3 Å². The van der Waals surface area contributed by atoms with Crippen LogP contribution in [0, 0.1) is 10.1 Å². The summed E-state index contributed by atoms with van der Waals surface area (Å²) < 4.78 is 25.6. The lowest BCUT2D eigenvalue weighted by Crippen LogP contribution is -2.27. The Morgan fingerprint density at radius 3 is 2.63 bits per heavy atom. The Bertz CT molecular complexity index is 594. The van der Waals surface area contributed by atoms with E-state index in [9.17, 15) is 23.3 Å². The number of primary amides is 1. The van der Waals surface area contributed by atoms with Gasteiger partial charge in [0.1, 0.15) is 4.21 Å². The van der Waals surface area contributed by atoms with Gasteiger partial charge >= 0.3 is 5.69 Å². The van der Waals surface area contributed by atoms with Crippen LogP contribution < -0.4 is 15.8 Å². The molecule has 0 atom stereocenters. The molecule has 0 saturated heterocycles. The smallest absolute Gasteiger partial charge is 0.304 e. The molecule has 9 nitrogen and oxygen atoms in total. The van der Waals surface area contributed by atoms with E-state index in [0.717, 1.165) is 17.4 Å². The number of nitro groups is 1. The van der Waals surface area contributed by atoms with Crippen LogP contribution in [-0.2, 0) is 14.8 Å². The number of nitrogens with two attached hydrogens (primary N) is 1. The van der Waals surface area contributed by atoms with Gasteiger partial charge in [0.15, 0.2) is 5.00 Å². The third-order valence-corrected chi connectivity index (χ3v) is 5.12. The molecule has 1 rings (SSSR count). The molecule has 0 saturated carbocycles. The standard InChI is InChI=1S/C8H12N4O5S2/c1-10-8-5(12(14)15)4-7(18-8)19(16,17)11-3-2-6(9)13/h4,10-11H,2-3H2,1H3,(H2,9,13). The summed E-state index contributed by atoms with van der Waals surface area (Å²) in [5.74, 6) is -0.643. The van der Waals surface area contributed by atoms with Crippen molar-refractivity contribution in [3.05, 3.63) is 16.2 Å². The van der Waals surface area contributed by atoms with Crippen LogP contribution in [0.4, 0.5) is 10.7 Å². The van der Waals surface area contributed by atoms with E-state index in [1.807, 2.05) is 0 Å². The number of sulfonamides is 1. The van der Waals surface area contributed by atoms with Crippen molar-refractivity contribution in [2.45, 2.75) is 10.6 Å². The van der Waals surface area contributed by atoms with Crippen LogP contribution in [-0.4, -0.2) is 32.8 Å². The lowest BCUT2D eigenvalue weighted by atomic mass is 10.4. The maximum absolute atomic E-state index is 11.8. The Morgan fingerprint density at radius 2 is 2.21 bits per heavy atom. The second kappa shape index (κ2) is 5.95. The monoisotopic (exact) mass is 308 g/mol. The number of carbonyl (C=O) groups excluding carboxylic acids is 1. The first kappa shape index (κ1) is 15.3. The average molecular weight is 308 g/mol. The zero-order chi connectivity index (χ0) is 14.6. The molecule has 0 spiro atoms. The zero-order valence-corrected chi connectivity index (χ0v) is 11.5. The van der Waals surface area contributed by atoms with Crippen molar-refractivity contribution in [1.82, 2.24) is 4.72 Å². The first-order chi connectivity index (χ1) is 8.77. The number of anilines is 1. The highest BCUT2D eigenvalue weighted by Gasteiger charge is 2.25. The van der Waals surface area contributed by atoms with Crippen LogP contribution in [0.5, 0.6) is 0 Å². The van der Waals surface area contributed by atoms with E-state index in [1.54, 1.807) is 0 Å². The van der Waals surface area contributed by atoms with Gasteiger partial charge in [-0.25, -0.2) is 13.1 Å². The quantitative estimate of drug-likeness (QED) is 0.472. The molecule has 1 heterocycles. The molecular weight excluding hydrogens is 296 g/mol. The van der Waals surface area contributed by atoms with E-state index in [-0.39, 0.29) is 27.9 Å². The summed E-state index contributed by atoms with van der Waals surface area (Å²) in [4.78, 5) is 20.6. The molecule has 0 unspecified atom stereocenters. The summed E-state index contributed by atoms with van der Waals surface area (Å²) in [6.45, 7) is -0.155. The molecule has 1 amide bonds. The molecular formula is C8H12N4O5S2. The minimum absolute atomic E-state index is 0.139. The lowest BCUT2D eigenvalue weighted by molar-refractivity contribution is -0.383. The van der Waals surface area contributed by atoms with Gasteiger partial charge in [0.05, 0.1) is 4.92 Å². The first-order valence-corrected chi connectivity index (χ1v) is 7.32. The number of hydrogen-bond donors (Lipinski definition) is 3. The summed E-state index contributed by atoms with van der Waals surface area (Å²) in [6.07, 6.45) is -0.147. The van der Waals surface area contributed by atoms with Gasteiger partial charge in [0.25, 0.3) is 0 Å². The van der Waals surface area contributed by atoms with Gasteiger partial charge in [0.2, 0.25) is 15.9 Å². The second-order valence-electron chi connectivity index (χ2n) is 3.40. The van der Waals surface area contributed by atoms with Crippen LogP contribution in [0.25, 0.3) is 0 Å². The Kier molecular flexibility index (Phi) is 4.80. The Morgan fingerprint density at radius 1 is 1.58 bits per heavy atom. The molecule has 0 aliphatic heterocycles. The van der Waals surface area contributed by atoms with E-state index < -0.39 is 20.9 Å². The molecule has 11 heteroatoms. The van der Waals surface area contributed by atoms with Gasteiger partial charge in [-0.15, -0.1) is 0 Å². The number of amides is 1. The SMILES string of the molecule is CNc1sc(S(=O)(=O)NCCC(N)=O)cc1[N+](=O)[O-]. The molecule has 0 bridgehead atoms. The van der Waals surface area contributed by atoms with Crippen molar-refractivity contribution >= 4 is 38.0 Å². The predicted molar refractivity (Wildman–Crippen MR) is 69.5 cm³/mol. The number of carbonyl (C=O) groups is 1. The third kappa shape index (κ3) is 3.87. The number of rotatable bonds is 7. The molecule has 1 aromatic rings. The van der Waals surface area contributed by atoms with Gasteiger partial charge in [-0.05, 0) is 0 Å². The Balaban J connectivity index is 2.95. The minimum Gasteiger partial charge on any atom is -0.374 e. The van der Waals surface area contributed by atoms with Crippen molar-refractivity contribution < 1.29 is 18.1 Å². The van der Waals surface area contributed by atoms with E-state index in [2.05, 4.69) is 10.0 Å². The first-order valence-electron chi connectivity index (χ1n) is 5.02. The highest BCUT2D eigenvalue weighted by molar-refractivity contribution is 7.91. The third-order valence-electron chi connectivity index (χ3n) is 2.04. The number of nitrogens with zero attached hydrogens (tertiary/aromatic N) is 1. The molecule has 0 radical (unpaired) electrons. The van der Waals surface area contributed by atoms with Crippen molar-refractivity contribution in [3.8, 4) is 0 Å². The van der Waals surface area contributed by atoms with Gasteiger partial charge in [0, 0.05) is 26.1 Å². The van der Waals surface area contributed by atoms with Crippen LogP contribution in [0.15, 0.2) is 10.3 Å². The fraction of sp³-hybridized carbons (Fsp3) is 0.375. The fourth-order valence-electron chi connectivity index (χ4n) is 1.19. The predicted octanol–water partition coefficient (Wildman–Crippen LogP) is -0.148. The lowest BCUT2D eigenvalue weighted by Gasteiger charge is -2.01. The van der Waals surface area contributed by atoms with Gasteiger partial charge in [-0.2, -0.15) is 0 Å². The molecule has 4 N–H and O–H groups in total. The topological polar surface area (TPSA) is 144 Å². The van der Waals surface area contributed by atoms with Crippen molar-refractivity contribution in [2.75, 3.05) is 18.9 Å². The molecule has 106 valence electrons. The minimum atomic E-state index is -3.88. The van der Waals surface area contributed by atoms with Gasteiger partial charge < -0.3 is 11.1 Å². The molecule has 0 aliphatic rings. The molecule has 0 aliphatic carbocycles. The fourth-order valence-corrected chi connectivity index (χ4v) is 3.54. The van der Waals surface area contributed by atoms with Crippen LogP contribution in [0.1, 0.15) is 6.42 Å². The van der Waals surface area contributed by atoms with Crippen molar-refractivity contribution in [3.63, 3.8) is 0 Å². The summed E-state index contributed by atoms with van der Waals surface area (Å²) in [5, 5.41) is 13.4. The van der Waals surface area contributed by atoms with Gasteiger partial charge in [-0.1, -0.05) is 11.3 Å². The molecule has 19 heavy (non-hydrogen) atoms. The second-order valence-corrected chi connectivity index (χ2v) is 6.45. The summed E-state index contributed by atoms with van der Waals surface area (Å²) in [7, 11) is -2.43. The molecule has 0 fully saturated rings. The Labute approximate surface area is 113 Å². The summed E-state index contributed by atoms with van der Waals surface area (Å²) in [6, 6.07) is 0.961. The number of hydrogen-bond acceptors (Lipinski definition) is 7. The molecule has 1 aromatic heterocycles. The van der Waals surface area contributed by atoms with Gasteiger partial charge in [-0.3, -0.25) is 14.9 Å². The largest absolute Gasteiger partial charge is 0.374 e. The molecule has 0 aromatic carbocycles. The summed E-state index contributed by atoms with van der Waals surface area (Å²) >= 11 is 0.734. The van der Waals surface area contributed by atoms with Crippen LogP contribution in [0.2, 0.25) is 0 Å². The maximum Gasteiger partial charge on any atom is 0.304 e. The van der Waals surface area contributed by atoms with E-state index in [0.29, 0.717) is 0 Å². The average Bonchev–Trinajstić information content (AvgIpc) is 2.72. The Hall–Kier alpha value is -1.72.